The van der Waals surface area contributed by atoms with Crippen LogP contribution < -0.4 is 10.9 Å². The van der Waals surface area contributed by atoms with Crippen molar-refractivity contribution in [2.45, 2.75) is 52.4 Å². The van der Waals surface area contributed by atoms with Crippen LogP contribution in [0, 0.1) is 0 Å². The van der Waals surface area contributed by atoms with Gasteiger partial charge in [-0.05, 0) is 57.0 Å². The van der Waals surface area contributed by atoms with Crippen LogP contribution in [0.3, 0.4) is 0 Å². The second-order valence-electron chi connectivity index (χ2n) is 9.81. The molecule has 1 atom stereocenters. The van der Waals surface area contributed by atoms with Crippen LogP contribution in [0.25, 0.3) is 16.6 Å². The minimum absolute atomic E-state index is 0.0756. The van der Waals surface area contributed by atoms with Gasteiger partial charge in [0.25, 0.3) is 5.56 Å². The summed E-state index contributed by atoms with van der Waals surface area (Å²) in [4.78, 5) is 44.6. The van der Waals surface area contributed by atoms with E-state index in [1.54, 1.807) is 63.2 Å². The van der Waals surface area contributed by atoms with Crippen molar-refractivity contribution >= 4 is 23.0 Å². The quantitative estimate of drug-likeness (QED) is 0.317. The van der Waals surface area contributed by atoms with E-state index in [0.717, 1.165) is 5.56 Å². The lowest BCUT2D eigenvalue weighted by Crippen LogP contribution is -2.38. The predicted octanol–water partition coefficient (Wildman–Crippen LogP) is 5.72. The molecule has 0 aliphatic heterocycles. The molecule has 0 aliphatic carbocycles. The number of para-hydroxylation sites is 1. The first-order chi connectivity index (χ1) is 18.2. The first-order valence-electron chi connectivity index (χ1n) is 12.5. The highest BCUT2D eigenvalue weighted by Gasteiger charge is 2.26. The molecule has 8 nitrogen and oxygen atoms in total. The summed E-state index contributed by atoms with van der Waals surface area (Å²) < 4.78 is 12.4. The van der Waals surface area contributed by atoms with Crippen molar-refractivity contribution in [2.24, 2.45) is 0 Å². The van der Waals surface area contributed by atoms with Gasteiger partial charge in [-0.3, -0.25) is 9.36 Å². The second-order valence-corrected chi connectivity index (χ2v) is 9.81. The maximum absolute atomic E-state index is 14.1. The maximum Gasteiger partial charge on any atom is 0.408 e. The summed E-state index contributed by atoms with van der Waals surface area (Å²) in [5.74, 6) is -0.290. The molecule has 4 aromatic rings. The number of amides is 1. The Kier molecular flexibility index (Phi) is 7.90. The highest BCUT2D eigenvalue weighted by Crippen LogP contribution is 2.23. The number of carbonyl (C=O) groups excluding carboxylic acids is 2. The average molecular weight is 514 g/mol. The summed E-state index contributed by atoms with van der Waals surface area (Å²) in [6.45, 7) is 7.29. The van der Waals surface area contributed by atoms with Gasteiger partial charge in [0.2, 0.25) is 0 Å². The predicted molar refractivity (Wildman–Crippen MR) is 145 cm³/mol. The Morgan fingerprint density at radius 2 is 1.61 bits per heavy atom. The molecule has 0 saturated carbocycles. The highest BCUT2D eigenvalue weighted by molar-refractivity contribution is 6.03. The number of nitrogens with zero attached hydrogens (tertiary/aromatic N) is 2. The lowest BCUT2D eigenvalue weighted by atomic mass is 10.1. The number of hydrogen-bond acceptors (Lipinski definition) is 6. The number of ether oxygens (including phenoxy) is 2. The van der Waals surface area contributed by atoms with E-state index in [0.29, 0.717) is 23.4 Å². The fourth-order valence-corrected chi connectivity index (χ4v) is 4.08. The molecule has 0 unspecified atom stereocenters. The highest BCUT2D eigenvalue weighted by atomic mass is 16.6. The third kappa shape index (κ3) is 6.08. The summed E-state index contributed by atoms with van der Waals surface area (Å²) in [6.07, 6.45) is -0.167. The lowest BCUT2D eigenvalue weighted by molar-refractivity contribution is 0.0472. The van der Waals surface area contributed by atoms with Gasteiger partial charge in [-0.1, -0.05) is 61.5 Å². The van der Waals surface area contributed by atoms with Crippen LogP contribution in [-0.4, -0.2) is 27.2 Å². The molecule has 0 spiro atoms. The van der Waals surface area contributed by atoms with Crippen LogP contribution in [0.5, 0.6) is 0 Å². The number of esters is 1. The number of hydrogen-bond donors (Lipinski definition) is 1. The lowest BCUT2D eigenvalue weighted by Gasteiger charge is -2.25. The monoisotopic (exact) mass is 513 g/mol. The molecule has 0 aliphatic rings. The van der Waals surface area contributed by atoms with Crippen molar-refractivity contribution in [1.29, 1.82) is 0 Å². The van der Waals surface area contributed by atoms with Gasteiger partial charge < -0.3 is 14.8 Å². The Bertz CT molecular complexity index is 1490. The fourth-order valence-electron chi connectivity index (χ4n) is 4.08. The summed E-state index contributed by atoms with van der Waals surface area (Å²) in [5, 5.41) is 2.99. The minimum Gasteiger partial charge on any atom is -0.457 e. The normalized spacial score (nSPS) is 12.1. The summed E-state index contributed by atoms with van der Waals surface area (Å²) in [5.41, 5.74) is 0.720. The summed E-state index contributed by atoms with van der Waals surface area (Å²) in [7, 11) is 0. The van der Waals surface area contributed by atoms with E-state index in [4.69, 9.17) is 14.5 Å². The van der Waals surface area contributed by atoms with Gasteiger partial charge in [0.15, 0.2) is 0 Å². The van der Waals surface area contributed by atoms with Crippen molar-refractivity contribution in [3.63, 3.8) is 0 Å². The minimum atomic E-state index is -0.687. The van der Waals surface area contributed by atoms with E-state index in [1.165, 1.54) is 4.57 Å². The molecule has 0 radical (unpaired) electrons. The molecule has 0 saturated heterocycles. The molecule has 0 bridgehead atoms. The van der Waals surface area contributed by atoms with Gasteiger partial charge in [-0.25, -0.2) is 14.6 Å². The number of alkyl carbamates (subject to hydrolysis) is 1. The summed E-state index contributed by atoms with van der Waals surface area (Å²) >= 11 is 0. The Labute approximate surface area is 221 Å². The smallest absolute Gasteiger partial charge is 0.408 e. The van der Waals surface area contributed by atoms with Crippen molar-refractivity contribution in [2.75, 3.05) is 0 Å². The third-order valence-corrected chi connectivity index (χ3v) is 5.78. The SMILES string of the molecule is CC[C@H](NC(=O)OC(C)(C)C)c1nc2cccc(C(=O)OCc3ccccc3)c2c(=O)n1-c1ccccc1. The van der Waals surface area contributed by atoms with Crippen LogP contribution in [0.2, 0.25) is 0 Å². The second kappa shape index (κ2) is 11.3. The van der Waals surface area contributed by atoms with Crippen LogP contribution in [-0.2, 0) is 16.1 Å². The number of fused-ring (bicyclic) bond motifs is 1. The molecule has 0 fully saturated rings. The van der Waals surface area contributed by atoms with Gasteiger partial charge in [0.1, 0.15) is 18.0 Å². The Balaban J connectivity index is 1.82. The molecule has 1 amide bonds. The van der Waals surface area contributed by atoms with Gasteiger partial charge in [0.05, 0.1) is 28.2 Å². The molecular weight excluding hydrogens is 482 g/mol. The van der Waals surface area contributed by atoms with E-state index in [1.807, 2.05) is 43.3 Å². The largest absolute Gasteiger partial charge is 0.457 e. The van der Waals surface area contributed by atoms with E-state index in [9.17, 15) is 14.4 Å². The molecule has 196 valence electrons. The zero-order chi connectivity index (χ0) is 27.3. The van der Waals surface area contributed by atoms with Gasteiger partial charge in [-0.2, -0.15) is 0 Å². The van der Waals surface area contributed by atoms with Crippen molar-refractivity contribution < 1.29 is 19.1 Å². The zero-order valence-corrected chi connectivity index (χ0v) is 21.9. The van der Waals surface area contributed by atoms with Crippen molar-refractivity contribution in [1.82, 2.24) is 14.9 Å². The molecular formula is C30H31N3O5. The number of nitrogens with one attached hydrogen (secondary N) is 1. The number of carbonyl (C=O) groups is 2. The Morgan fingerprint density at radius 3 is 2.24 bits per heavy atom. The molecule has 4 rings (SSSR count). The van der Waals surface area contributed by atoms with Gasteiger partial charge >= 0.3 is 12.1 Å². The zero-order valence-electron chi connectivity index (χ0n) is 21.9. The molecule has 3 aromatic carbocycles. The van der Waals surface area contributed by atoms with Gasteiger partial charge in [-0.15, -0.1) is 0 Å². The van der Waals surface area contributed by atoms with E-state index < -0.39 is 29.3 Å². The molecule has 1 heterocycles. The molecule has 38 heavy (non-hydrogen) atoms. The van der Waals surface area contributed by atoms with E-state index >= 15 is 0 Å². The van der Waals surface area contributed by atoms with Crippen LogP contribution in [0.4, 0.5) is 4.79 Å². The van der Waals surface area contributed by atoms with Gasteiger partial charge in [0, 0.05) is 0 Å². The molecule has 1 N–H and O–H groups in total. The molecule has 1 aromatic heterocycles. The number of aromatic nitrogens is 2. The first kappa shape index (κ1) is 26.6. The standard InChI is InChI=1S/C30H31N3O5/c1-5-23(32-29(36)38-30(2,3)4)26-31-24-18-12-17-22(28(35)37-19-20-13-8-6-9-14-20)25(24)27(34)33(26)21-15-10-7-11-16-21/h6-18,23H,5,19H2,1-4H3,(H,32,36)/t23-/m0/s1. The van der Waals surface area contributed by atoms with Crippen molar-refractivity contribution in [3.8, 4) is 5.69 Å². The Morgan fingerprint density at radius 1 is 0.947 bits per heavy atom. The van der Waals surface area contributed by atoms with Crippen LogP contribution in [0.15, 0.2) is 83.7 Å². The average Bonchev–Trinajstić information content (AvgIpc) is 2.90. The summed E-state index contributed by atoms with van der Waals surface area (Å²) in [6, 6.07) is 22.6. The maximum atomic E-state index is 14.1. The Hall–Kier alpha value is -4.46. The molecule has 8 heteroatoms. The topological polar surface area (TPSA) is 99.5 Å². The van der Waals surface area contributed by atoms with E-state index in [2.05, 4.69) is 5.32 Å². The third-order valence-electron chi connectivity index (χ3n) is 5.78. The van der Waals surface area contributed by atoms with E-state index in [-0.39, 0.29) is 17.6 Å². The fraction of sp³-hybridized carbons (Fsp3) is 0.267. The van der Waals surface area contributed by atoms with Crippen LogP contribution in [0.1, 0.15) is 61.9 Å². The van der Waals surface area contributed by atoms with Crippen LogP contribution >= 0.6 is 0 Å². The number of rotatable bonds is 7. The first-order valence-corrected chi connectivity index (χ1v) is 12.5. The number of benzene rings is 3. The van der Waals surface area contributed by atoms with Crippen molar-refractivity contribution in [3.05, 3.63) is 106 Å².